The number of esters is 1. The molecule has 0 bridgehead atoms. The van der Waals surface area contributed by atoms with E-state index in [1.807, 2.05) is 6.07 Å². The van der Waals surface area contributed by atoms with Gasteiger partial charge in [-0.25, -0.2) is 0 Å². The summed E-state index contributed by atoms with van der Waals surface area (Å²) in [5, 5.41) is 2.13. The van der Waals surface area contributed by atoms with Crippen molar-refractivity contribution >= 4 is 29.3 Å². The average molecular weight is 409 g/mol. The maximum absolute atomic E-state index is 12.9. The number of benzene rings is 2. The van der Waals surface area contributed by atoms with E-state index in [9.17, 15) is 22.8 Å². The van der Waals surface area contributed by atoms with Gasteiger partial charge >= 0.3 is 12.1 Å². The number of nitrogens with one attached hydrogen (secondary N) is 1. The molecule has 0 unspecified atom stereocenters. The van der Waals surface area contributed by atoms with Crippen LogP contribution in [0.2, 0.25) is 0 Å². The first kappa shape index (κ1) is 20.3. The summed E-state index contributed by atoms with van der Waals surface area (Å²) in [6.07, 6.45) is -1.34. The van der Waals surface area contributed by atoms with Crippen LogP contribution in [0.15, 0.2) is 47.4 Å². The van der Waals surface area contributed by atoms with Crippen LogP contribution in [0.4, 0.5) is 18.9 Å². The van der Waals surface area contributed by atoms with Crippen LogP contribution >= 0.6 is 11.8 Å². The van der Waals surface area contributed by atoms with Gasteiger partial charge in [0.2, 0.25) is 0 Å². The Morgan fingerprint density at radius 2 is 1.82 bits per heavy atom. The maximum atomic E-state index is 12.9. The van der Waals surface area contributed by atoms with Crippen molar-refractivity contribution in [3.05, 3.63) is 59.2 Å². The number of anilines is 1. The summed E-state index contributed by atoms with van der Waals surface area (Å²) in [6, 6.07) is 10.7. The summed E-state index contributed by atoms with van der Waals surface area (Å²) in [4.78, 5) is 24.6. The van der Waals surface area contributed by atoms with E-state index < -0.39 is 30.2 Å². The third-order valence-corrected chi connectivity index (χ3v) is 5.26. The van der Waals surface area contributed by atoms with E-state index in [1.165, 1.54) is 35.0 Å². The van der Waals surface area contributed by atoms with Crippen molar-refractivity contribution in [1.29, 1.82) is 0 Å². The molecule has 2 aromatic carbocycles. The molecular formula is C20H18F3NO3S. The lowest BCUT2D eigenvalue weighted by Gasteiger charge is -2.13. The second-order valence-electron chi connectivity index (χ2n) is 6.32. The van der Waals surface area contributed by atoms with E-state index in [0.29, 0.717) is 0 Å². The van der Waals surface area contributed by atoms with Crippen LogP contribution in [-0.4, -0.2) is 24.2 Å². The van der Waals surface area contributed by atoms with Crippen LogP contribution in [0.5, 0.6) is 0 Å². The van der Waals surface area contributed by atoms with E-state index >= 15 is 0 Å². The number of carbonyl (C=O) groups is 2. The van der Waals surface area contributed by atoms with E-state index in [-0.39, 0.29) is 11.4 Å². The van der Waals surface area contributed by atoms with Crippen molar-refractivity contribution < 1.29 is 27.5 Å². The molecule has 0 spiro atoms. The van der Waals surface area contributed by atoms with Crippen molar-refractivity contribution in [3.63, 3.8) is 0 Å². The SMILES string of the molecule is O=C(COC(=O)CSc1ccc2c(c1)CCC2)Nc1ccccc1C(F)(F)F. The van der Waals surface area contributed by atoms with Gasteiger partial charge in [-0.1, -0.05) is 18.2 Å². The highest BCUT2D eigenvalue weighted by atomic mass is 32.2. The number of halogens is 3. The summed E-state index contributed by atoms with van der Waals surface area (Å²) in [6.45, 7) is -0.643. The number of hydrogen-bond donors (Lipinski definition) is 1. The molecular weight excluding hydrogens is 391 g/mol. The molecule has 0 fully saturated rings. The predicted octanol–water partition coefficient (Wildman–Crippen LogP) is 4.47. The molecule has 1 N–H and O–H groups in total. The molecule has 1 aliphatic rings. The van der Waals surface area contributed by atoms with Gasteiger partial charge in [0.15, 0.2) is 6.61 Å². The highest BCUT2D eigenvalue weighted by Gasteiger charge is 2.33. The standard InChI is InChI=1S/C20H18F3NO3S/c21-20(22,23)16-6-1-2-7-17(16)24-18(25)11-27-19(26)12-28-15-9-8-13-4-3-5-14(13)10-15/h1-2,6-10H,3-5,11-12H2,(H,24,25). The number of aryl methyl sites for hydroxylation is 2. The Hall–Kier alpha value is -2.48. The highest BCUT2D eigenvalue weighted by Crippen LogP contribution is 2.34. The van der Waals surface area contributed by atoms with E-state index in [1.54, 1.807) is 0 Å². The summed E-state index contributed by atoms with van der Waals surface area (Å²) < 4.78 is 43.6. The minimum atomic E-state index is -4.59. The first-order valence-corrected chi connectivity index (χ1v) is 9.68. The van der Waals surface area contributed by atoms with Crippen molar-refractivity contribution in [1.82, 2.24) is 0 Å². The van der Waals surface area contributed by atoms with E-state index in [0.717, 1.165) is 36.3 Å². The fourth-order valence-electron chi connectivity index (χ4n) is 2.99. The van der Waals surface area contributed by atoms with Crippen LogP contribution in [-0.2, 0) is 33.3 Å². The lowest BCUT2D eigenvalue weighted by Crippen LogP contribution is -2.23. The van der Waals surface area contributed by atoms with Gasteiger partial charge < -0.3 is 10.1 Å². The summed E-state index contributed by atoms with van der Waals surface area (Å²) in [7, 11) is 0. The Kier molecular flexibility index (Phi) is 6.28. The van der Waals surface area contributed by atoms with Gasteiger partial charge in [-0.2, -0.15) is 13.2 Å². The molecule has 1 aliphatic carbocycles. The van der Waals surface area contributed by atoms with Crippen molar-refractivity contribution in [2.45, 2.75) is 30.3 Å². The van der Waals surface area contributed by atoms with Crippen LogP contribution in [0.3, 0.4) is 0 Å². The van der Waals surface area contributed by atoms with Crippen LogP contribution in [0, 0.1) is 0 Å². The van der Waals surface area contributed by atoms with Gasteiger partial charge in [0.1, 0.15) is 0 Å². The predicted molar refractivity (Wildman–Crippen MR) is 100 cm³/mol. The van der Waals surface area contributed by atoms with Crippen molar-refractivity contribution in [2.24, 2.45) is 0 Å². The highest BCUT2D eigenvalue weighted by molar-refractivity contribution is 8.00. The Bertz CT molecular complexity index is 883. The van der Waals surface area contributed by atoms with Crippen molar-refractivity contribution in [3.8, 4) is 0 Å². The monoisotopic (exact) mass is 409 g/mol. The zero-order valence-corrected chi connectivity index (χ0v) is 15.7. The van der Waals surface area contributed by atoms with E-state index in [4.69, 9.17) is 4.74 Å². The Balaban J connectivity index is 1.47. The molecule has 8 heteroatoms. The second-order valence-corrected chi connectivity index (χ2v) is 7.37. The number of amides is 1. The fourth-order valence-corrected chi connectivity index (χ4v) is 3.75. The molecule has 4 nitrogen and oxygen atoms in total. The topological polar surface area (TPSA) is 55.4 Å². The Morgan fingerprint density at radius 3 is 2.61 bits per heavy atom. The number of hydrogen-bond acceptors (Lipinski definition) is 4. The van der Waals surface area contributed by atoms with Crippen LogP contribution in [0.1, 0.15) is 23.1 Å². The Labute approximate surface area is 164 Å². The quantitative estimate of drug-likeness (QED) is 0.565. The second kappa shape index (κ2) is 8.68. The molecule has 28 heavy (non-hydrogen) atoms. The molecule has 0 heterocycles. The number of para-hydroxylation sites is 1. The minimum absolute atomic E-state index is 0.0191. The van der Waals surface area contributed by atoms with Gasteiger partial charge in [0.05, 0.1) is 17.0 Å². The van der Waals surface area contributed by atoms with Gasteiger partial charge in [-0.15, -0.1) is 11.8 Å². The summed E-state index contributed by atoms with van der Waals surface area (Å²) >= 11 is 1.30. The lowest BCUT2D eigenvalue weighted by atomic mass is 10.1. The third kappa shape index (κ3) is 5.28. The summed E-state index contributed by atoms with van der Waals surface area (Å²) in [5.41, 5.74) is 1.30. The largest absolute Gasteiger partial charge is 0.455 e. The number of carbonyl (C=O) groups excluding carboxylic acids is 2. The molecule has 0 saturated carbocycles. The van der Waals surface area contributed by atoms with Gasteiger partial charge in [-0.3, -0.25) is 9.59 Å². The zero-order chi connectivity index (χ0) is 20.1. The molecule has 148 valence electrons. The molecule has 0 atom stereocenters. The van der Waals surface area contributed by atoms with Gasteiger partial charge in [-0.05, 0) is 54.7 Å². The molecule has 1 amide bonds. The third-order valence-electron chi connectivity index (χ3n) is 4.30. The normalized spacial score (nSPS) is 13.1. The lowest BCUT2D eigenvalue weighted by molar-refractivity contribution is -0.144. The summed E-state index contributed by atoms with van der Waals surface area (Å²) in [5.74, 6) is -1.41. The molecule has 3 rings (SSSR count). The maximum Gasteiger partial charge on any atom is 0.418 e. The van der Waals surface area contributed by atoms with Gasteiger partial charge in [0.25, 0.3) is 5.91 Å². The first-order valence-electron chi connectivity index (χ1n) is 8.69. The number of alkyl halides is 3. The first-order chi connectivity index (χ1) is 13.3. The fraction of sp³-hybridized carbons (Fsp3) is 0.300. The molecule has 2 aromatic rings. The molecule has 0 radical (unpaired) electrons. The van der Waals surface area contributed by atoms with Crippen molar-refractivity contribution in [2.75, 3.05) is 17.7 Å². The molecule has 0 aliphatic heterocycles. The number of rotatable bonds is 6. The zero-order valence-electron chi connectivity index (χ0n) is 14.8. The van der Waals surface area contributed by atoms with E-state index in [2.05, 4.69) is 17.4 Å². The smallest absolute Gasteiger partial charge is 0.418 e. The van der Waals surface area contributed by atoms with Gasteiger partial charge in [0, 0.05) is 4.90 Å². The van der Waals surface area contributed by atoms with Crippen LogP contribution in [0.25, 0.3) is 0 Å². The number of ether oxygens (including phenoxy) is 1. The minimum Gasteiger partial charge on any atom is -0.455 e. The molecule has 0 aromatic heterocycles. The average Bonchev–Trinajstić information content (AvgIpc) is 3.12. The Morgan fingerprint density at radius 1 is 1.07 bits per heavy atom. The van der Waals surface area contributed by atoms with Crippen LogP contribution < -0.4 is 5.32 Å². The number of thioether (sulfide) groups is 1. The molecule has 0 saturated heterocycles. The number of fused-ring (bicyclic) bond motifs is 1.